The SMILES string of the molecule is CC(=O)N1CCC(Nc2cc(Cl)ccc2C#N)CC1. The van der Waals surface area contributed by atoms with E-state index in [0.717, 1.165) is 31.6 Å². The number of hydrogen-bond donors (Lipinski definition) is 1. The third-order valence-corrected chi connectivity index (χ3v) is 3.64. The van der Waals surface area contributed by atoms with Crippen molar-refractivity contribution in [2.75, 3.05) is 18.4 Å². The molecule has 0 aliphatic carbocycles. The Labute approximate surface area is 118 Å². The zero-order chi connectivity index (χ0) is 13.8. The summed E-state index contributed by atoms with van der Waals surface area (Å²) < 4.78 is 0. The van der Waals surface area contributed by atoms with Crippen LogP contribution in [0.4, 0.5) is 5.69 Å². The van der Waals surface area contributed by atoms with E-state index >= 15 is 0 Å². The third-order valence-electron chi connectivity index (χ3n) is 3.40. The molecule has 0 bridgehead atoms. The minimum Gasteiger partial charge on any atom is -0.381 e. The van der Waals surface area contributed by atoms with Gasteiger partial charge in [-0.25, -0.2) is 0 Å². The van der Waals surface area contributed by atoms with E-state index in [4.69, 9.17) is 16.9 Å². The smallest absolute Gasteiger partial charge is 0.219 e. The van der Waals surface area contributed by atoms with E-state index in [9.17, 15) is 4.79 Å². The zero-order valence-electron chi connectivity index (χ0n) is 10.8. The van der Waals surface area contributed by atoms with Crippen LogP contribution in [0, 0.1) is 11.3 Å². The van der Waals surface area contributed by atoms with E-state index in [0.29, 0.717) is 10.6 Å². The number of nitrogens with one attached hydrogen (secondary N) is 1. The van der Waals surface area contributed by atoms with Crippen LogP contribution in [0.25, 0.3) is 0 Å². The molecule has 1 fully saturated rings. The van der Waals surface area contributed by atoms with E-state index in [2.05, 4.69) is 11.4 Å². The number of carbonyl (C=O) groups is 1. The lowest BCUT2D eigenvalue weighted by Gasteiger charge is -2.32. The van der Waals surface area contributed by atoms with Crippen LogP contribution in [0.15, 0.2) is 18.2 Å². The summed E-state index contributed by atoms with van der Waals surface area (Å²) in [4.78, 5) is 13.1. The first-order valence-corrected chi connectivity index (χ1v) is 6.69. The summed E-state index contributed by atoms with van der Waals surface area (Å²) in [6, 6.07) is 7.64. The van der Waals surface area contributed by atoms with Crippen molar-refractivity contribution in [1.29, 1.82) is 5.26 Å². The molecule has 1 aliphatic rings. The van der Waals surface area contributed by atoms with Crippen molar-refractivity contribution in [2.45, 2.75) is 25.8 Å². The summed E-state index contributed by atoms with van der Waals surface area (Å²) in [6.45, 7) is 3.11. The fourth-order valence-corrected chi connectivity index (χ4v) is 2.46. The maximum atomic E-state index is 11.3. The molecule has 19 heavy (non-hydrogen) atoms. The molecular weight excluding hydrogens is 262 g/mol. The van der Waals surface area contributed by atoms with Crippen LogP contribution in [0.3, 0.4) is 0 Å². The number of carbonyl (C=O) groups excluding carboxylic acids is 1. The fourth-order valence-electron chi connectivity index (χ4n) is 2.29. The van der Waals surface area contributed by atoms with Gasteiger partial charge < -0.3 is 10.2 Å². The van der Waals surface area contributed by atoms with Crippen molar-refractivity contribution in [3.8, 4) is 6.07 Å². The molecule has 1 aliphatic heterocycles. The van der Waals surface area contributed by atoms with Gasteiger partial charge in [-0.3, -0.25) is 4.79 Å². The predicted molar refractivity (Wildman–Crippen MR) is 75.1 cm³/mol. The number of rotatable bonds is 2. The Morgan fingerprint density at radius 3 is 2.74 bits per heavy atom. The minimum absolute atomic E-state index is 0.124. The summed E-state index contributed by atoms with van der Waals surface area (Å²) in [5.41, 5.74) is 1.37. The van der Waals surface area contributed by atoms with Crippen LogP contribution in [-0.4, -0.2) is 29.9 Å². The maximum absolute atomic E-state index is 11.3. The van der Waals surface area contributed by atoms with Gasteiger partial charge in [-0.2, -0.15) is 5.26 Å². The molecule has 0 unspecified atom stereocenters. The van der Waals surface area contributed by atoms with E-state index in [1.807, 2.05) is 4.90 Å². The number of anilines is 1. The van der Waals surface area contributed by atoms with Gasteiger partial charge in [0.1, 0.15) is 6.07 Å². The largest absolute Gasteiger partial charge is 0.381 e. The zero-order valence-corrected chi connectivity index (χ0v) is 11.6. The van der Waals surface area contributed by atoms with Gasteiger partial charge in [0.15, 0.2) is 0 Å². The quantitative estimate of drug-likeness (QED) is 0.904. The molecule has 0 saturated carbocycles. The third kappa shape index (κ3) is 3.39. The van der Waals surface area contributed by atoms with Crippen molar-refractivity contribution in [1.82, 2.24) is 4.90 Å². The summed E-state index contributed by atoms with van der Waals surface area (Å²) in [7, 11) is 0. The Balaban J connectivity index is 2.01. The molecule has 5 heteroatoms. The van der Waals surface area contributed by atoms with Gasteiger partial charge in [-0.1, -0.05) is 11.6 Å². The van der Waals surface area contributed by atoms with Crippen LogP contribution in [-0.2, 0) is 4.79 Å². The highest BCUT2D eigenvalue weighted by Crippen LogP contribution is 2.23. The molecule has 1 N–H and O–H groups in total. The van der Waals surface area contributed by atoms with Gasteiger partial charge in [-0.15, -0.1) is 0 Å². The molecule has 2 rings (SSSR count). The first kappa shape index (κ1) is 13.7. The van der Waals surface area contributed by atoms with E-state index in [-0.39, 0.29) is 11.9 Å². The maximum Gasteiger partial charge on any atom is 0.219 e. The number of amides is 1. The molecule has 1 heterocycles. The van der Waals surface area contributed by atoms with E-state index in [1.54, 1.807) is 25.1 Å². The van der Waals surface area contributed by atoms with Crippen molar-refractivity contribution < 1.29 is 4.79 Å². The Kier molecular flexibility index (Phi) is 4.28. The highest BCUT2D eigenvalue weighted by atomic mass is 35.5. The predicted octanol–water partition coefficient (Wildman–Crippen LogP) is 2.63. The van der Waals surface area contributed by atoms with Gasteiger partial charge in [0.25, 0.3) is 0 Å². The van der Waals surface area contributed by atoms with Crippen LogP contribution >= 0.6 is 11.6 Å². The molecule has 1 aromatic carbocycles. The lowest BCUT2D eigenvalue weighted by molar-refractivity contribution is -0.129. The molecule has 0 aromatic heterocycles. The average Bonchev–Trinajstić information content (AvgIpc) is 2.39. The van der Waals surface area contributed by atoms with E-state index in [1.165, 1.54) is 0 Å². The van der Waals surface area contributed by atoms with E-state index < -0.39 is 0 Å². The van der Waals surface area contributed by atoms with Gasteiger partial charge in [-0.05, 0) is 31.0 Å². The summed E-state index contributed by atoms with van der Waals surface area (Å²) in [5, 5.41) is 13.0. The van der Waals surface area contributed by atoms with Gasteiger partial charge in [0.05, 0.1) is 11.3 Å². The van der Waals surface area contributed by atoms with Crippen molar-refractivity contribution in [3.63, 3.8) is 0 Å². The lowest BCUT2D eigenvalue weighted by atomic mass is 10.0. The normalized spacial score (nSPS) is 15.9. The molecule has 0 radical (unpaired) electrons. The van der Waals surface area contributed by atoms with Crippen LogP contribution < -0.4 is 5.32 Å². The highest BCUT2D eigenvalue weighted by Gasteiger charge is 2.21. The molecule has 1 amide bonds. The van der Waals surface area contributed by atoms with Crippen LogP contribution in [0.1, 0.15) is 25.3 Å². The van der Waals surface area contributed by atoms with Crippen molar-refractivity contribution in [2.24, 2.45) is 0 Å². The number of nitrogens with zero attached hydrogens (tertiary/aromatic N) is 2. The number of benzene rings is 1. The molecule has 100 valence electrons. The number of halogens is 1. The Bertz CT molecular complexity index is 516. The molecule has 4 nitrogen and oxygen atoms in total. The number of likely N-dealkylation sites (tertiary alicyclic amines) is 1. The van der Waals surface area contributed by atoms with Crippen molar-refractivity contribution >= 4 is 23.2 Å². The second-order valence-electron chi connectivity index (χ2n) is 4.73. The Morgan fingerprint density at radius 1 is 1.47 bits per heavy atom. The number of nitriles is 1. The lowest BCUT2D eigenvalue weighted by Crippen LogP contribution is -2.41. The van der Waals surface area contributed by atoms with Gasteiger partial charge in [0, 0.05) is 31.1 Å². The van der Waals surface area contributed by atoms with Crippen LogP contribution in [0.2, 0.25) is 5.02 Å². The molecular formula is C14H16ClN3O. The van der Waals surface area contributed by atoms with Crippen molar-refractivity contribution in [3.05, 3.63) is 28.8 Å². The second-order valence-corrected chi connectivity index (χ2v) is 5.16. The fraction of sp³-hybridized carbons (Fsp3) is 0.429. The molecule has 0 spiro atoms. The summed E-state index contributed by atoms with van der Waals surface area (Å²) >= 11 is 5.95. The minimum atomic E-state index is 0.124. The molecule has 0 atom stereocenters. The monoisotopic (exact) mass is 277 g/mol. The Hall–Kier alpha value is -1.73. The average molecular weight is 278 g/mol. The first-order valence-electron chi connectivity index (χ1n) is 6.32. The number of piperidine rings is 1. The van der Waals surface area contributed by atoms with Gasteiger partial charge >= 0.3 is 0 Å². The summed E-state index contributed by atoms with van der Waals surface area (Å²) in [5.74, 6) is 0.124. The topological polar surface area (TPSA) is 56.1 Å². The first-order chi connectivity index (χ1) is 9.10. The molecule has 1 aromatic rings. The number of hydrogen-bond acceptors (Lipinski definition) is 3. The standard InChI is InChI=1S/C14H16ClN3O/c1-10(19)18-6-4-13(5-7-18)17-14-8-12(15)3-2-11(14)9-16/h2-3,8,13,17H,4-7H2,1H3. The second kappa shape index (κ2) is 5.94. The Morgan fingerprint density at radius 2 is 2.16 bits per heavy atom. The summed E-state index contributed by atoms with van der Waals surface area (Å²) in [6.07, 6.45) is 1.77. The van der Waals surface area contributed by atoms with Crippen LogP contribution in [0.5, 0.6) is 0 Å². The molecule has 1 saturated heterocycles. The highest BCUT2D eigenvalue weighted by molar-refractivity contribution is 6.30. The van der Waals surface area contributed by atoms with Gasteiger partial charge in [0.2, 0.25) is 5.91 Å².